The van der Waals surface area contributed by atoms with Gasteiger partial charge in [0.1, 0.15) is 29.7 Å². The molecule has 1 heterocycles. The standard InChI is InChI=1S/C46H63N5O8/c1-26-36-22-32(46(36,3)4)23-37(26)47-44(55)41-40(27(2)53)39(25-52)59-51(41)24-29-12-11-13-35(42(29)58-10)30-19-31(21-33(20-30)49(5)6)43(54)48-38(45(56)50(7)8)18-28-14-16-34(57-9)17-15-28/h11-17,19-21,26-27,32,36-41,52-53H,18,22-25H2,1-10H3,(H,47,55)(H,48,54)/t26-,27-,32+,36-,37?,38-,39-,40+,41-/m0/s1. The first-order chi connectivity index (χ1) is 28.0. The first kappa shape index (κ1) is 43.9. The van der Waals surface area contributed by atoms with E-state index in [-0.39, 0.29) is 42.8 Å². The van der Waals surface area contributed by atoms with Gasteiger partial charge in [-0.1, -0.05) is 51.1 Å². The van der Waals surface area contributed by atoms with Crippen molar-refractivity contribution in [1.29, 1.82) is 0 Å². The minimum atomic E-state index is -0.931. The van der Waals surface area contributed by atoms with Gasteiger partial charge < -0.3 is 40.1 Å². The average Bonchev–Trinajstić information content (AvgIpc) is 3.59. The molecule has 13 heteroatoms. The molecule has 59 heavy (non-hydrogen) atoms. The molecule has 3 saturated carbocycles. The number of aliphatic hydroxyl groups excluding tert-OH is 2. The van der Waals surface area contributed by atoms with Gasteiger partial charge in [0.15, 0.2) is 0 Å². The number of methoxy groups -OCH3 is 2. The molecule has 0 spiro atoms. The molecule has 3 amide bonds. The number of likely N-dealkylation sites (N-methyl/N-ethyl adjacent to an activating group) is 1. The number of fused-ring (bicyclic) bond motifs is 2. The van der Waals surface area contributed by atoms with E-state index < -0.39 is 36.1 Å². The highest BCUT2D eigenvalue weighted by molar-refractivity contribution is 6.00. The van der Waals surface area contributed by atoms with Gasteiger partial charge in [0.25, 0.3) is 5.91 Å². The Morgan fingerprint density at radius 1 is 1.00 bits per heavy atom. The Labute approximate surface area is 348 Å². The number of carbonyl (C=O) groups excluding carboxylic acids is 3. The Morgan fingerprint density at radius 3 is 2.29 bits per heavy atom. The number of nitrogens with zero attached hydrogens (tertiary/aromatic N) is 3. The minimum Gasteiger partial charge on any atom is -0.497 e. The summed E-state index contributed by atoms with van der Waals surface area (Å²) in [6, 6.07) is 16.9. The van der Waals surface area contributed by atoms with Crippen molar-refractivity contribution in [3.8, 4) is 22.6 Å². The quantitative estimate of drug-likeness (QED) is 0.172. The molecule has 0 radical (unpaired) electrons. The lowest BCUT2D eigenvalue weighted by Gasteiger charge is -2.62. The average molecular weight is 814 g/mol. The summed E-state index contributed by atoms with van der Waals surface area (Å²) in [7, 11) is 10.3. The van der Waals surface area contributed by atoms with Crippen LogP contribution in [0.25, 0.3) is 11.1 Å². The van der Waals surface area contributed by atoms with Gasteiger partial charge in [-0.2, -0.15) is 5.06 Å². The summed E-state index contributed by atoms with van der Waals surface area (Å²) in [4.78, 5) is 51.4. The first-order valence-corrected chi connectivity index (χ1v) is 20.6. The molecule has 1 aliphatic heterocycles. The van der Waals surface area contributed by atoms with E-state index in [0.29, 0.717) is 51.5 Å². The van der Waals surface area contributed by atoms with Crippen LogP contribution in [0.4, 0.5) is 5.69 Å². The van der Waals surface area contributed by atoms with Crippen LogP contribution >= 0.6 is 0 Å². The lowest BCUT2D eigenvalue weighted by molar-refractivity contribution is -0.183. The number of nitrogens with one attached hydrogen (secondary N) is 2. The summed E-state index contributed by atoms with van der Waals surface area (Å²) >= 11 is 0. The van der Waals surface area contributed by atoms with Crippen LogP contribution in [0, 0.1) is 29.1 Å². The van der Waals surface area contributed by atoms with Gasteiger partial charge in [-0.25, -0.2) is 0 Å². The summed E-state index contributed by atoms with van der Waals surface area (Å²) < 4.78 is 11.4. The van der Waals surface area contributed by atoms with Crippen molar-refractivity contribution in [3.63, 3.8) is 0 Å². The van der Waals surface area contributed by atoms with Crippen LogP contribution in [0.3, 0.4) is 0 Å². The molecule has 3 aromatic carbocycles. The Bertz CT molecular complexity index is 1980. The molecule has 3 aliphatic carbocycles. The van der Waals surface area contributed by atoms with Gasteiger partial charge >= 0.3 is 0 Å². The van der Waals surface area contributed by atoms with Crippen LogP contribution < -0.4 is 25.0 Å². The third kappa shape index (κ3) is 8.94. The maximum atomic E-state index is 14.3. The van der Waals surface area contributed by atoms with Crippen LogP contribution in [0.2, 0.25) is 0 Å². The number of anilines is 1. The molecule has 4 aliphatic rings. The molecule has 9 atom stereocenters. The highest BCUT2D eigenvalue weighted by atomic mass is 16.7. The fraction of sp³-hybridized carbons (Fsp3) is 0.543. The van der Waals surface area contributed by atoms with E-state index in [2.05, 4.69) is 31.4 Å². The number of rotatable bonds is 15. The monoisotopic (exact) mass is 813 g/mol. The maximum absolute atomic E-state index is 14.3. The largest absolute Gasteiger partial charge is 0.497 e. The number of aliphatic hydroxyl groups is 2. The summed E-state index contributed by atoms with van der Waals surface area (Å²) in [5.74, 6) is 1.05. The number of hydrogen-bond acceptors (Lipinski definition) is 10. The lowest BCUT2D eigenvalue weighted by atomic mass is 9.45. The number of ether oxygens (including phenoxy) is 2. The molecule has 2 bridgehead atoms. The van der Waals surface area contributed by atoms with Gasteiger partial charge in [0.05, 0.1) is 33.5 Å². The molecule has 4 N–H and O–H groups in total. The Morgan fingerprint density at radius 2 is 1.71 bits per heavy atom. The van der Waals surface area contributed by atoms with E-state index in [1.54, 1.807) is 52.4 Å². The van der Waals surface area contributed by atoms with Crippen molar-refractivity contribution in [2.45, 2.75) is 83.8 Å². The zero-order valence-electron chi connectivity index (χ0n) is 36.2. The molecular weight excluding hydrogens is 751 g/mol. The van der Waals surface area contributed by atoms with E-state index >= 15 is 0 Å². The first-order valence-electron chi connectivity index (χ1n) is 20.6. The third-order valence-electron chi connectivity index (χ3n) is 13.3. The minimum absolute atomic E-state index is 0.0101. The number of carbonyl (C=O) groups is 3. The fourth-order valence-electron chi connectivity index (χ4n) is 9.74. The Balaban J connectivity index is 1.29. The van der Waals surface area contributed by atoms with Crippen LogP contribution in [-0.2, 0) is 27.4 Å². The second kappa shape index (κ2) is 17.9. The van der Waals surface area contributed by atoms with Crippen LogP contribution in [-0.4, -0.2) is 117 Å². The third-order valence-corrected chi connectivity index (χ3v) is 13.3. The zero-order valence-corrected chi connectivity index (χ0v) is 36.2. The second-order valence-corrected chi connectivity index (χ2v) is 17.7. The number of hydrogen-bond donors (Lipinski definition) is 4. The van der Waals surface area contributed by atoms with Gasteiger partial charge in [-0.3, -0.25) is 19.2 Å². The van der Waals surface area contributed by atoms with Crippen LogP contribution in [0.1, 0.15) is 62.0 Å². The van der Waals surface area contributed by atoms with Gasteiger partial charge in [0.2, 0.25) is 11.8 Å². The highest BCUT2D eigenvalue weighted by Crippen LogP contribution is 2.61. The predicted molar refractivity (Wildman–Crippen MR) is 227 cm³/mol. The van der Waals surface area contributed by atoms with Crippen molar-refractivity contribution >= 4 is 23.4 Å². The molecule has 0 aromatic heterocycles. The van der Waals surface area contributed by atoms with Crippen molar-refractivity contribution in [3.05, 3.63) is 77.4 Å². The van der Waals surface area contributed by atoms with E-state index in [1.165, 1.54) is 11.3 Å². The number of amides is 3. The smallest absolute Gasteiger partial charge is 0.252 e. The van der Waals surface area contributed by atoms with Crippen molar-refractivity contribution < 1.29 is 38.9 Å². The number of benzene rings is 3. The molecular formula is C46H63N5O8. The van der Waals surface area contributed by atoms with Crippen molar-refractivity contribution in [2.75, 3.05) is 53.9 Å². The zero-order chi connectivity index (χ0) is 42.9. The van der Waals surface area contributed by atoms with Crippen LogP contribution in [0.5, 0.6) is 11.5 Å². The highest BCUT2D eigenvalue weighted by Gasteiger charge is 2.57. The maximum Gasteiger partial charge on any atom is 0.252 e. The summed E-state index contributed by atoms with van der Waals surface area (Å²) in [5.41, 5.74) is 4.35. The lowest BCUT2D eigenvalue weighted by Crippen LogP contribution is -2.62. The fourth-order valence-corrected chi connectivity index (χ4v) is 9.74. The van der Waals surface area contributed by atoms with Gasteiger partial charge in [0, 0.05) is 68.9 Å². The molecule has 1 saturated heterocycles. The van der Waals surface area contributed by atoms with E-state index in [0.717, 1.165) is 17.7 Å². The van der Waals surface area contributed by atoms with Gasteiger partial charge in [-0.05, 0) is 84.4 Å². The summed E-state index contributed by atoms with van der Waals surface area (Å²) in [6.45, 7) is 8.25. The second-order valence-electron chi connectivity index (χ2n) is 17.7. The van der Waals surface area contributed by atoms with Crippen LogP contribution in [0.15, 0.2) is 60.7 Å². The summed E-state index contributed by atoms with van der Waals surface area (Å²) in [5, 5.41) is 29.3. The predicted octanol–water partition coefficient (Wildman–Crippen LogP) is 4.53. The van der Waals surface area contributed by atoms with E-state index in [9.17, 15) is 24.6 Å². The summed E-state index contributed by atoms with van der Waals surface area (Å²) in [6.07, 6.45) is 0.653. The van der Waals surface area contributed by atoms with Crippen molar-refractivity contribution in [1.82, 2.24) is 20.6 Å². The molecule has 320 valence electrons. The molecule has 4 fully saturated rings. The Hall–Kier alpha value is -4.69. The topological polar surface area (TPSA) is 153 Å². The van der Waals surface area contributed by atoms with E-state index in [4.69, 9.17) is 14.3 Å². The SMILES string of the molecule is COc1ccc(C[C@H](NC(=O)c2cc(-c3cccc(CN4O[C@@H](CO)[C@@H]([C@H](C)O)[C@H]4C(=O)NC4C[C@H]5C[C@@H]([C@@H]4C)C5(C)C)c3OC)cc(N(C)C)c2)C(=O)N(C)C)cc1. The van der Waals surface area contributed by atoms with Gasteiger partial charge in [-0.15, -0.1) is 0 Å². The normalized spacial score (nSPS) is 25.6. The molecule has 1 unspecified atom stereocenters. The molecule has 7 rings (SSSR count). The number of hydroxylamine groups is 2. The number of para-hydroxylation sites is 1. The Kier molecular flexibility index (Phi) is 13.3. The van der Waals surface area contributed by atoms with E-state index in [1.807, 2.05) is 67.5 Å². The molecule has 3 aromatic rings. The molecule has 13 nitrogen and oxygen atoms in total. The van der Waals surface area contributed by atoms with Crippen molar-refractivity contribution in [2.24, 2.45) is 29.1 Å².